The van der Waals surface area contributed by atoms with Crippen LogP contribution in [0.5, 0.6) is 0 Å². The van der Waals surface area contributed by atoms with Gasteiger partial charge < -0.3 is 9.32 Å². The van der Waals surface area contributed by atoms with E-state index in [-0.39, 0.29) is 0 Å². The van der Waals surface area contributed by atoms with Gasteiger partial charge in [0.2, 0.25) is 0 Å². The minimum atomic E-state index is 0.753. The number of nitrogens with zero attached hydrogens (tertiary/aromatic N) is 1. The molecule has 0 N–H and O–H groups in total. The SMILES string of the molecule is C1=CCN(C2CCC2)C(Sc2ccc3occ4c3c2CCC4)=C1. The maximum Gasteiger partial charge on any atom is 0.134 e. The van der Waals surface area contributed by atoms with E-state index in [4.69, 9.17) is 4.42 Å². The molecule has 1 fully saturated rings. The molecule has 1 aromatic heterocycles. The van der Waals surface area contributed by atoms with Crippen molar-refractivity contribution in [2.24, 2.45) is 0 Å². The van der Waals surface area contributed by atoms with E-state index in [1.54, 1.807) is 0 Å². The Labute approximate surface area is 141 Å². The van der Waals surface area contributed by atoms with Crippen molar-refractivity contribution in [3.05, 3.63) is 52.8 Å². The Bertz CT molecular complexity index is 812. The van der Waals surface area contributed by atoms with Crippen LogP contribution in [0.1, 0.15) is 36.8 Å². The van der Waals surface area contributed by atoms with Crippen LogP contribution in [0.4, 0.5) is 0 Å². The number of thioether (sulfide) groups is 1. The Balaban J connectivity index is 1.52. The van der Waals surface area contributed by atoms with Gasteiger partial charge in [0.1, 0.15) is 5.58 Å². The number of rotatable bonds is 3. The summed E-state index contributed by atoms with van der Waals surface area (Å²) in [7, 11) is 0. The van der Waals surface area contributed by atoms with Gasteiger partial charge >= 0.3 is 0 Å². The van der Waals surface area contributed by atoms with Crippen LogP contribution < -0.4 is 0 Å². The summed E-state index contributed by atoms with van der Waals surface area (Å²) in [4.78, 5) is 4.02. The second-order valence-corrected chi connectivity index (χ2v) is 7.86. The summed E-state index contributed by atoms with van der Waals surface area (Å²) in [5.74, 6) is 0. The van der Waals surface area contributed by atoms with Crippen LogP contribution in [-0.4, -0.2) is 17.5 Å². The Morgan fingerprint density at radius 2 is 2.09 bits per heavy atom. The van der Waals surface area contributed by atoms with Crippen molar-refractivity contribution in [2.45, 2.75) is 49.5 Å². The molecule has 3 aliphatic rings. The first-order chi connectivity index (χ1) is 11.4. The third kappa shape index (κ3) is 2.25. The Kier molecular flexibility index (Phi) is 3.29. The minimum Gasteiger partial charge on any atom is -0.464 e. The van der Waals surface area contributed by atoms with Crippen LogP contribution >= 0.6 is 11.8 Å². The van der Waals surface area contributed by atoms with Gasteiger partial charge in [-0.15, -0.1) is 0 Å². The maximum atomic E-state index is 5.75. The molecule has 2 nitrogen and oxygen atoms in total. The van der Waals surface area contributed by atoms with Gasteiger partial charge in [0, 0.05) is 22.9 Å². The molecule has 0 unspecified atom stereocenters. The van der Waals surface area contributed by atoms with E-state index in [1.807, 2.05) is 18.0 Å². The fourth-order valence-electron chi connectivity index (χ4n) is 3.98. The van der Waals surface area contributed by atoms with E-state index < -0.39 is 0 Å². The summed E-state index contributed by atoms with van der Waals surface area (Å²) in [6, 6.07) is 5.17. The van der Waals surface area contributed by atoms with Crippen LogP contribution in [0, 0.1) is 0 Å². The van der Waals surface area contributed by atoms with Gasteiger partial charge in [-0.05, 0) is 67.9 Å². The number of hydrogen-bond donors (Lipinski definition) is 0. The molecule has 1 aromatic carbocycles. The Morgan fingerprint density at radius 1 is 1.13 bits per heavy atom. The largest absolute Gasteiger partial charge is 0.464 e. The quantitative estimate of drug-likeness (QED) is 0.764. The van der Waals surface area contributed by atoms with Gasteiger partial charge in [-0.3, -0.25) is 0 Å². The number of allylic oxidation sites excluding steroid dienone is 2. The summed E-state index contributed by atoms with van der Waals surface area (Å²) in [5.41, 5.74) is 3.97. The van der Waals surface area contributed by atoms with Crippen molar-refractivity contribution in [1.29, 1.82) is 0 Å². The standard InChI is InChI=1S/C20H21NOS/c1-2-12-21(15-6-4-7-15)19(9-1)23-18-11-10-17-20-14(13-22-17)5-3-8-16(18)20/h1-2,9-11,13,15H,3-8,12H2. The topological polar surface area (TPSA) is 16.4 Å². The molecule has 0 spiro atoms. The molecule has 0 amide bonds. The van der Waals surface area contributed by atoms with E-state index in [9.17, 15) is 0 Å². The van der Waals surface area contributed by atoms with E-state index in [2.05, 4.69) is 35.3 Å². The van der Waals surface area contributed by atoms with Gasteiger partial charge in [-0.1, -0.05) is 23.9 Å². The van der Waals surface area contributed by atoms with Crippen molar-refractivity contribution in [3.8, 4) is 0 Å². The molecule has 0 bridgehead atoms. The van der Waals surface area contributed by atoms with Gasteiger partial charge in [-0.25, -0.2) is 0 Å². The lowest BCUT2D eigenvalue weighted by Gasteiger charge is -2.40. The molecule has 0 saturated heterocycles. The third-order valence-electron chi connectivity index (χ3n) is 5.44. The van der Waals surface area contributed by atoms with E-state index in [1.165, 1.54) is 58.5 Å². The highest BCUT2D eigenvalue weighted by Gasteiger charge is 2.28. The molecule has 2 aliphatic carbocycles. The van der Waals surface area contributed by atoms with Crippen molar-refractivity contribution >= 4 is 22.7 Å². The first-order valence-corrected chi connectivity index (χ1v) is 9.55. The summed E-state index contributed by atoms with van der Waals surface area (Å²) in [6.45, 7) is 1.07. The van der Waals surface area contributed by atoms with Gasteiger partial charge in [0.05, 0.1) is 11.3 Å². The van der Waals surface area contributed by atoms with E-state index >= 15 is 0 Å². The molecular formula is C20H21NOS. The lowest BCUT2D eigenvalue weighted by Crippen LogP contribution is -2.39. The average Bonchev–Trinajstić information content (AvgIpc) is 2.95. The summed E-state index contributed by atoms with van der Waals surface area (Å²) in [6.07, 6.45) is 16.4. The van der Waals surface area contributed by atoms with E-state index in [0.717, 1.165) is 24.6 Å². The summed E-state index contributed by atoms with van der Waals surface area (Å²) in [5, 5.41) is 2.81. The summed E-state index contributed by atoms with van der Waals surface area (Å²) < 4.78 is 5.75. The molecular weight excluding hydrogens is 302 g/mol. The number of aryl methyl sites for hydroxylation is 2. The molecule has 1 saturated carbocycles. The third-order valence-corrected chi connectivity index (χ3v) is 6.63. The molecule has 0 radical (unpaired) electrons. The first-order valence-electron chi connectivity index (χ1n) is 8.73. The molecule has 2 heterocycles. The van der Waals surface area contributed by atoms with Crippen LogP contribution in [0.15, 0.2) is 51.0 Å². The molecule has 0 atom stereocenters. The van der Waals surface area contributed by atoms with Gasteiger partial charge in [0.25, 0.3) is 0 Å². The number of furan rings is 1. The number of hydrogen-bond acceptors (Lipinski definition) is 3. The highest BCUT2D eigenvalue weighted by molar-refractivity contribution is 8.03. The minimum absolute atomic E-state index is 0.753. The normalized spacial score (nSPS) is 20.7. The predicted octanol–water partition coefficient (Wildman–Crippen LogP) is 5.28. The second kappa shape index (κ2) is 5.48. The fourth-order valence-corrected chi connectivity index (χ4v) is 5.15. The lowest BCUT2D eigenvalue weighted by atomic mass is 9.91. The molecule has 1 aliphatic heterocycles. The van der Waals surface area contributed by atoms with E-state index in [0.29, 0.717) is 0 Å². The first kappa shape index (κ1) is 13.8. The predicted molar refractivity (Wildman–Crippen MR) is 95.7 cm³/mol. The van der Waals surface area contributed by atoms with Crippen molar-refractivity contribution in [2.75, 3.05) is 6.54 Å². The highest BCUT2D eigenvalue weighted by Crippen LogP contribution is 2.42. The van der Waals surface area contributed by atoms with Crippen molar-refractivity contribution in [3.63, 3.8) is 0 Å². The molecule has 2 aromatic rings. The summed E-state index contributed by atoms with van der Waals surface area (Å²) >= 11 is 1.96. The average molecular weight is 323 g/mol. The highest BCUT2D eigenvalue weighted by atomic mass is 32.2. The Morgan fingerprint density at radius 3 is 2.96 bits per heavy atom. The maximum absolute atomic E-state index is 5.75. The zero-order valence-electron chi connectivity index (χ0n) is 13.3. The molecule has 23 heavy (non-hydrogen) atoms. The smallest absolute Gasteiger partial charge is 0.134 e. The number of benzene rings is 1. The van der Waals surface area contributed by atoms with Crippen molar-refractivity contribution in [1.82, 2.24) is 4.90 Å². The zero-order chi connectivity index (χ0) is 15.2. The molecule has 118 valence electrons. The second-order valence-electron chi connectivity index (χ2n) is 6.80. The Hall–Kier alpha value is -1.61. The van der Waals surface area contributed by atoms with Crippen LogP contribution in [0.2, 0.25) is 0 Å². The van der Waals surface area contributed by atoms with Crippen LogP contribution in [0.3, 0.4) is 0 Å². The van der Waals surface area contributed by atoms with Gasteiger partial charge in [-0.2, -0.15) is 0 Å². The molecule has 5 rings (SSSR count). The van der Waals surface area contributed by atoms with Crippen LogP contribution in [0.25, 0.3) is 11.0 Å². The zero-order valence-corrected chi connectivity index (χ0v) is 14.1. The fraction of sp³-hybridized carbons (Fsp3) is 0.400. The van der Waals surface area contributed by atoms with Crippen LogP contribution in [-0.2, 0) is 12.8 Å². The van der Waals surface area contributed by atoms with Crippen molar-refractivity contribution < 1.29 is 4.42 Å². The monoisotopic (exact) mass is 323 g/mol. The van der Waals surface area contributed by atoms with Gasteiger partial charge in [0.15, 0.2) is 0 Å². The lowest BCUT2D eigenvalue weighted by molar-refractivity contribution is 0.193. The molecule has 3 heteroatoms.